The van der Waals surface area contributed by atoms with Crippen LogP contribution in [0.15, 0.2) is 48.0 Å². The Labute approximate surface area is 140 Å². The molecule has 0 saturated carbocycles. The second-order valence-corrected chi connectivity index (χ2v) is 6.23. The molecule has 0 radical (unpaired) electrons. The lowest BCUT2D eigenvalue weighted by molar-refractivity contribution is 0.0953. The molecule has 0 amide bonds. The molecule has 1 unspecified atom stereocenters. The summed E-state index contributed by atoms with van der Waals surface area (Å²) in [5.74, 6) is -0.323. The van der Waals surface area contributed by atoms with Gasteiger partial charge in [-0.3, -0.25) is 0 Å². The number of benzene rings is 2. The van der Waals surface area contributed by atoms with E-state index in [0.717, 1.165) is 5.56 Å². The van der Waals surface area contributed by atoms with Gasteiger partial charge in [0.05, 0.1) is 5.60 Å². The maximum atomic E-state index is 13.3. The second kappa shape index (κ2) is 6.73. The highest BCUT2D eigenvalue weighted by atomic mass is 35.5. The molecule has 2 N–H and O–H groups in total. The molecule has 0 aliphatic carbocycles. The topological polar surface area (TPSA) is 40.5 Å². The van der Waals surface area contributed by atoms with Gasteiger partial charge < -0.3 is 10.2 Å². The molecule has 23 heavy (non-hydrogen) atoms. The molecular weight excluding hydrogens is 315 g/mol. The number of hydrogen-bond donors (Lipinski definition) is 2. The van der Waals surface area contributed by atoms with Gasteiger partial charge in [-0.2, -0.15) is 0 Å². The van der Waals surface area contributed by atoms with Gasteiger partial charge in [0, 0.05) is 10.6 Å². The lowest BCUT2D eigenvalue weighted by Crippen LogP contribution is -2.25. The molecule has 0 fully saturated rings. The van der Waals surface area contributed by atoms with Crippen molar-refractivity contribution in [3.05, 3.63) is 70.0 Å². The van der Waals surface area contributed by atoms with Crippen LogP contribution in [-0.4, -0.2) is 15.8 Å². The van der Waals surface area contributed by atoms with Crippen LogP contribution in [0.25, 0.3) is 5.57 Å². The van der Waals surface area contributed by atoms with Gasteiger partial charge in [-0.15, -0.1) is 0 Å². The number of phenols is 1. The standard InChI is InChI=1S/C19H20ClFO2/c1-4-19(3,23)12(2)18(13-5-8-15(21)9-6-13)16-10-7-14(20)11-17(16)22/h5-11,22-23H,4H2,1-3H3/b18-12-. The van der Waals surface area contributed by atoms with Crippen molar-refractivity contribution < 1.29 is 14.6 Å². The Hall–Kier alpha value is -1.84. The molecule has 0 saturated heterocycles. The molecule has 2 rings (SSSR count). The van der Waals surface area contributed by atoms with Crippen molar-refractivity contribution in [1.82, 2.24) is 0 Å². The summed E-state index contributed by atoms with van der Waals surface area (Å²) in [6, 6.07) is 10.8. The van der Waals surface area contributed by atoms with Crippen LogP contribution in [0, 0.1) is 5.82 Å². The average Bonchev–Trinajstić information content (AvgIpc) is 2.51. The summed E-state index contributed by atoms with van der Waals surface area (Å²) in [6.07, 6.45) is 0.512. The monoisotopic (exact) mass is 334 g/mol. The minimum absolute atomic E-state index is 0.0167. The van der Waals surface area contributed by atoms with Crippen molar-refractivity contribution in [1.29, 1.82) is 0 Å². The van der Waals surface area contributed by atoms with E-state index in [-0.39, 0.29) is 11.6 Å². The third kappa shape index (κ3) is 3.74. The van der Waals surface area contributed by atoms with Gasteiger partial charge in [0.1, 0.15) is 11.6 Å². The van der Waals surface area contributed by atoms with Crippen LogP contribution in [0.1, 0.15) is 38.3 Å². The van der Waals surface area contributed by atoms with Crippen LogP contribution in [-0.2, 0) is 0 Å². The molecule has 4 heteroatoms. The highest BCUT2D eigenvalue weighted by Gasteiger charge is 2.25. The molecule has 2 aromatic carbocycles. The van der Waals surface area contributed by atoms with Crippen molar-refractivity contribution >= 4 is 17.2 Å². The van der Waals surface area contributed by atoms with Crippen molar-refractivity contribution in [3.8, 4) is 5.75 Å². The number of aliphatic hydroxyl groups is 1. The fraction of sp³-hybridized carbons (Fsp3) is 0.263. The molecule has 0 aromatic heterocycles. The summed E-state index contributed by atoms with van der Waals surface area (Å²) in [5, 5.41) is 21.4. The van der Waals surface area contributed by atoms with Crippen molar-refractivity contribution in [3.63, 3.8) is 0 Å². The van der Waals surface area contributed by atoms with Gasteiger partial charge in [-0.1, -0.05) is 30.7 Å². The zero-order valence-corrected chi connectivity index (χ0v) is 14.2. The van der Waals surface area contributed by atoms with E-state index in [9.17, 15) is 14.6 Å². The van der Waals surface area contributed by atoms with Crippen LogP contribution in [0.4, 0.5) is 4.39 Å². The Balaban J connectivity index is 2.75. The lowest BCUT2D eigenvalue weighted by Gasteiger charge is -2.27. The molecule has 0 bridgehead atoms. The zero-order chi connectivity index (χ0) is 17.2. The lowest BCUT2D eigenvalue weighted by atomic mass is 9.84. The summed E-state index contributed by atoms with van der Waals surface area (Å²) in [7, 11) is 0. The maximum Gasteiger partial charge on any atom is 0.124 e. The first-order chi connectivity index (χ1) is 10.8. The summed E-state index contributed by atoms with van der Waals surface area (Å²) in [4.78, 5) is 0. The van der Waals surface area contributed by atoms with E-state index in [1.165, 1.54) is 18.2 Å². The van der Waals surface area contributed by atoms with Gasteiger partial charge in [-0.05, 0) is 67.3 Å². The van der Waals surface area contributed by atoms with Gasteiger partial charge in [-0.25, -0.2) is 4.39 Å². The summed E-state index contributed by atoms with van der Waals surface area (Å²) < 4.78 is 13.3. The van der Waals surface area contributed by atoms with Gasteiger partial charge in [0.25, 0.3) is 0 Å². The van der Waals surface area contributed by atoms with E-state index in [1.807, 2.05) is 13.8 Å². The molecular formula is C19H20ClFO2. The number of halogens is 2. The van der Waals surface area contributed by atoms with Crippen LogP contribution >= 0.6 is 11.6 Å². The van der Waals surface area contributed by atoms with Crippen molar-refractivity contribution in [2.75, 3.05) is 0 Å². The second-order valence-electron chi connectivity index (χ2n) is 5.80. The SMILES string of the molecule is CCC(C)(O)/C(C)=C(/c1ccc(F)cc1)c1ccc(Cl)cc1O. The van der Waals surface area contributed by atoms with Crippen LogP contribution in [0.3, 0.4) is 0 Å². The molecule has 0 aliphatic heterocycles. The zero-order valence-electron chi connectivity index (χ0n) is 13.4. The van der Waals surface area contributed by atoms with Gasteiger partial charge in [0.15, 0.2) is 0 Å². The van der Waals surface area contributed by atoms with Crippen LogP contribution < -0.4 is 0 Å². The number of aromatic hydroxyl groups is 1. The summed E-state index contributed by atoms with van der Waals surface area (Å²) in [6.45, 7) is 5.42. The van der Waals surface area contributed by atoms with Gasteiger partial charge >= 0.3 is 0 Å². The van der Waals surface area contributed by atoms with E-state index in [4.69, 9.17) is 11.6 Å². The quantitative estimate of drug-likeness (QED) is 0.810. The molecule has 122 valence electrons. The van der Waals surface area contributed by atoms with E-state index in [2.05, 4.69) is 0 Å². The predicted molar refractivity (Wildman–Crippen MR) is 92.1 cm³/mol. The Kier molecular flexibility index (Phi) is 5.12. The summed E-state index contributed by atoms with van der Waals surface area (Å²) in [5.41, 5.74) is 1.59. The number of phenolic OH excluding ortho intramolecular Hbond substituents is 1. The molecule has 0 heterocycles. The maximum absolute atomic E-state index is 13.3. The fourth-order valence-corrected chi connectivity index (χ4v) is 2.61. The minimum Gasteiger partial charge on any atom is -0.507 e. The van der Waals surface area contributed by atoms with E-state index in [0.29, 0.717) is 28.2 Å². The van der Waals surface area contributed by atoms with E-state index in [1.54, 1.807) is 31.2 Å². The number of rotatable bonds is 4. The highest BCUT2D eigenvalue weighted by molar-refractivity contribution is 6.30. The van der Waals surface area contributed by atoms with E-state index >= 15 is 0 Å². The number of hydrogen-bond acceptors (Lipinski definition) is 2. The first-order valence-electron chi connectivity index (χ1n) is 7.45. The van der Waals surface area contributed by atoms with Gasteiger partial charge in [0.2, 0.25) is 0 Å². The predicted octanol–water partition coefficient (Wildman–Crippen LogP) is 5.17. The first-order valence-corrected chi connectivity index (χ1v) is 7.82. The fourth-order valence-electron chi connectivity index (χ4n) is 2.44. The Bertz CT molecular complexity index is 734. The summed E-state index contributed by atoms with van der Waals surface area (Å²) >= 11 is 5.91. The Morgan fingerprint density at radius 3 is 2.30 bits per heavy atom. The Morgan fingerprint density at radius 1 is 1.17 bits per heavy atom. The Morgan fingerprint density at radius 2 is 1.78 bits per heavy atom. The smallest absolute Gasteiger partial charge is 0.124 e. The molecule has 1 atom stereocenters. The highest BCUT2D eigenvalue weighted by Crippen LogP contribution is 2.38. The van der Waals surface area contributed by atoms with Crippen LogP contribution in [0.5, 0.6) is 5.75 Å². The van der Waals surface area contributed by atoms with Crippen molar-refractivity contribution in [2.24, 2.45) is 0 Å². The molecule has 2 nitrogen and oxygen atoms in total. The normalized spacial score (nSPS) is 15.0. The minimum atomic E-state index is -1.05. The van der Waals surface area contributed by atoms with Crippen LogP contribution in [0.2, 0.25) is 5.02 Å². The third-order valence-corrected chi connectivity index (χ3v) is 4.47. The largest absolute Gasteiger partial charge is 0.507 e. The van der Waals surface area contributed by atoms with E-state index < -0.39 is 5.60 Å². The molecule has 0 spiro atoms. The first kappa shape index (κ1) is 17.5. The average molecular weight is 335 g/mol. The van der Waals surface area contributed by atoms with Crippen molar-refractivity contribution in [2.45, 2.75) is 32.8 Å². The molecule has 2 aromatic rings. The molecule has 0 aliphatic rings. The third-order valence-electron chi connectivity index (χ3n) is 4.23.